The van der Waals surface area contributed by atoms with Crippen molar-refractivity contribution in [2.24, 2.45) is 0 Å². The predicted octanol–water partition coefficient (Wildman–Crippen LogP) is 2.45. The molecule has 0 bridgehead atoms. The number of nitrogens with zero attached hydrogens (tertiary/aromatic N) is 3. The van der Waals surface area contributed by atoms with Crippen molar-refractivity contribution >= 4 is 12.2 Å². The number of aldehydes is 1. The van der Waals surface area contributed by atoms with Gasteiger partial charge in [0.25, 0.3) is 5.91 Å². The molecule has 5 heteroatoms. The first kappa shape index (κ1) is 12.9. The fourth-order valence-corrected chi connectivity index (χ4v) is 2.02. The fourth-order valence-electron chi connectivity index (χ4n) is 2.02. The van der Waals surface area contributed by atoms with Crippen LogP contribution in [0.4, 0.5) is 0 Å². The van der Waals surface area contributed by atoms with Gasteiger partial charge in [0.2, 0.25) is 0 Å². The first-order valence-corrected chi connectivity index (χ1v) is 6.34. The lowest BCUT2D eigenvalue weighted by atomic mass is 10.1. The maximum atomic E-state index is 12.3. The molecule has 2 aromatic heterocycles. The third kappa shape index (κ3) is 2.49. The summed E-state index contributed by atoms with van der Waals surface area (Å²) in [5, 5.41) is 4.24. The summed E-state index contributed by atoms with van der Waals surface area (Å²) in [7, 11) is 0. The van der Waals surface area contributed by atoms with E-state index in [4.69, 9.17) is 0 Å². The number of hydrogen-bond donors (Lipinski definition) is 0. The molecular formula is C16H11N3O2. The fraction of sp³-hybridized carbons (Fsp3) is 0. The first-order chi connectivity index (χ1) is 10.3. The molecular weight excluding hydrogens is 266 g/mol. The lowest BCUT2D eigenvalue weighted by molar-refractivity contribution is 0.0945. The van der Waals surface area contributed by atoms with Crippen LogP contribution in [0.5, 0.6) is 0 Å². The number of benzene rings is 1. The molecule has 3 aromatic rings. The van der Waals surface area contributed by atoms with Gasteiger partial charge in [-0.1, -0.05) is 30.3 Å². The summed E-state index contributed by atoms with van der Waals surface area (Å²) in [5.41, 5.74) is 2.13. The van der Waals surface area contributed by atoms with Crippen molar-refractivity contribution < 1.29 is 9.59 Å². The number of aromatic nitrogens is 3. The van der Waals surface area contributed by atoms with Crippen LogP contribution in [0.3, 0.4) is 0 Å². The Morgan fingerprint density at radius 3 is 2.43 bits per heavy atom. The standard InChI is InChI=1S/C16H11N3O2/c20-11-14-10-19(16(21)13-6-8-17-9-7-13)18-15(14)12-4-2-1-3-5-12/h1-11H. The van der Waals surface area contributed by atoms with Gasteiger partial charge in [-0.25, -0.2) is 4.68 Å². The average Bonchev–Trinajstić information content (AvgIpc) is 3.00. The Bertz CT molecular complexity index is 780. The van der Waals surface area contributed by atoms with Gasteiger partial charge in [-0.3, -0.25) is 14.6 Å². The van der Waals surface area contributed by atoms with E-state index in [0.29, 0.717) is 23.1 Å². The van der Waals surface area contributed by atoms with E-state index in [1.807, 2.05) is 30.3 Å². The molecule has 102 valence electrons. The summed E-state index contributed by atoms with van der Waals surface area (Å²) in [6.07, 6.45) is 5.22. The minimum Gasteiger partial charge on any atom is -0.298 e. The smallest absolute Gasteiger partial charge is 0.278 e. The summed E-state index contributed by atoms with van der Waals surface area (Å²) in [6, 6.07) is 12.5. The Balaban J connectivity index is 2.04. The molecule has 0 N–H and O–H groups in total. The zero-order valence-electron chi connectivity index (χ0n) is 11.0. The van der Waals surface area contributed by atoms with E-state index in [9.17, 15) is 9.59 Å². The lowest BCUT2D eigenvalue weighted by Crippen LogP contribution is -2.12. The zero-order chi connectivity index (χ0) is 14.7. The van der Waals surface area contributed by atoms with E-state index >= 15 is 0 Å². The molecule has 21 heavy (non-hydrogen) atoms. The Kier molecular flexibility index (Phi) is 3.39. The number of rotatable bonds is 3. The van der Waals surface area contributed by atoms with Crippen molar-refractivity contribution in [2.45, 2.75) is 0 Å². The van der Waals surface area contributed by atoms with Crippen molar-refractivity contribution in [1.82, 2.24) is 14.8 Å². The second kappa shape index (κ2) is 5.50. The second-order valence-electron chi connectivity index (χ2n) is 4.40. The lowest BCUT2D eigenvalue weighted by Gasteiger charge is -1.99. The van der Waals surface area contributed by atoms with Crippen LogP contribution in [-0.4, -0.2) is 27.0 Å². The van der Waals surface area contributed by atoms with Crippen molar-refractivity contribution in [3.63, 3.8) is 0 Å². The molecule has 5 nitrogen and oxygen atoms in total. The van der Waals surface area contributed by atoms with E-state index in [2.05, 4.69) is 10.1 Å². The summed E-state index contributed by atoms with van der Waals surface area (Å²) < 4.78 is 1.18. The summed E-state index contributed by atoms with van der Waals surface area (Å²) in [6.45, 7) is 0. The molecule has 0 atom stereocenters. The molecule has 0 fully saturated rings. The molecule has 0 unspecified atom stereocenters. The van der Waals surface area contributed by atoms with Crippen molar-refractivity contribution in [3.05, 3.63) is 72.2 Å². The average molecular weight is 277 g/mol. The molecule has 0 aliphatic carbocycles. The quantitative estimate of drug-likeness (QED) is 0.690. The van der Waals surface area contributed by atoms with Crippen LogP contribution < -0.4 is 0 Å². The van der Waals surface area contributed by atoms with Gasteiger partial charge in [-0.2, -0.15) is 5.10 Å². The number of pyridine rings is 1. The van der Waals surface area contributed by atoms with E-state index in [1.165, 1.54) is 23.3 Å². The Hall–Kier alpha value is -3.08. The van der Waals surface area contributed by atoms with Crippen LogP contribution in [0.15, 0.2) is 61.1 Å². The molecule has 0 radical (unpaired) electrons. The third-order valence-electron chi connectivity index (χ3n) is 3.05. The molecule has 0 aliphatic heterocycles. The number of carbonyl (C=O) groups excluding carboxylic acids is 2. The van der Waals surface area contributed by atoms with Crippen LogP contribution >= 0.6 is 0 Å². The van der Waals surface area contributed by atoms with E-state index in [-0.39, 0.29) is 5.91 Å². The predicted molar refractivity (Wildman–Crippen MR) is 77.0 cm³/mol. The van der Waals surface area contributed by atoms with Crippen LogP contribution in [0.2, 0.25) is 0 Å². The van der Waals surface area contributed by atoms with Gasteiger partial charge in [-0.05, 0) is 12.1 Å². The minimum atomic E-state index is -0.303. The highest BCUT2D eigenvalue weighted by atomic mass is 16.2. The van der Waals surface area contributed by atoms with E-state index < -0.39 is 0 Å². The normalized spacial score (nSPS) is 10.3. The maximum absolute atomic E-state index is 12.3. The molecule has 2 heterocycles. The monoisotopic (exact) mass is 277 g/mol. The Morgan fingerprint density at radius 1 is 1.05 bits per heavy atom. The number of hydrogen-bond acceptors (Lipinski definition) is 4. The molecule has 0 aliphatic rings. The van der Waals surface area contributed by atoms with Crippen LogP contribution in [0, 0.1) is 0 Å². The summed E-state index contributed by atoms with van der Waals surface area (Å²) in [5.74, 6) is -0.303. The van der Waals surface area contributed by atoms with Crippen LogP contribution in [-0.2, 0) is 0 Å². The summed E-state index contributed by atoms with van der Waals surface area (Å²) >= 11 is 0. The maximum Gasteiger partial charge on any atom is 0.278 e. The Morgan fingerprint density at radius 2 is 1.76 bits per heavy atom. The van der Waals surface area contributed by atoms with E-state index in [0.717, 1.165) is 5.56 Å². The molecule has 0 spiro atoms. The molecule has 1 aromatic carbocycles. The van der Waals surface area contributed by atoms with Gasteiger partial charge >= 0.3 is 0 Å². The zero-order valence-corrected chi connectivity index (χ0v) is 11.0. The van der Waals surface area contributed by atoms with Gasteiger partial charge < -0.3 is 0 Å². The van der Waals surface area contributed by atoms with Gasteiger partial charge in [0, 0.05) is 29.7 Å². The van der Waals surface area contributed by atoms with Gasteiger partial charge in [0.1, 0.15) is 5.69 Å². The highest BCUT2D eigenvalue weighted by Gasteiger charge is 2.15. The van der Waals surface area contributed by atoms with Crippen LogP contribution in [0.1, 0.15) is 20.7 Å². The second-order valence-corrected chi connectivity index (χ2v) is 4.40. The molecule has 0 amide bonds. The first-order valence-electron chi connectivity index (χ1n) is 6.34. The highest BCUT2D eigenvalue weighted by Crippen LogP contribution is 2.20. The largest absolute Gasteiger partial charge is 0.298 e. The van der Waals surface area contributed by atoms with Crippen molar-refractivity contribution in [2.75, 3.05) is 0 Å². The topological polar surface area (TPSA) is 64.8 Å². The molecule has 3 rings (SSSR count). The molecule has 0 saturated heterocycles. The molecule has 0 saturated carbocycles. The van der Waals surface area contributed by atoms with Crippen LogP contribution in [0.25, 0.3) is 11.3 Å². The number of carbonyl (C=O) groups is 2. The SMILES string of the molecule is O=Cc1cn(C(=O)c2ccncc2)nc1-c1ccccc1. The van der Waals surface area contributed by atoms with Crippen molar-refractivity contribution in [1.29, 1.82) is 0 Å². The van der Waals surface area contributed by atoms with Gasteiger partial charge in [0.05, 0.1) is 5.56 Å². The van der Waals surface area contributed by atoms with Gasteiger partial charge in [0.15, 0.2) is 6.29 Å². The minimum absolute atomic E-state index is 0.303. The van der Waals surface area contributed by atoms with E-state index in [1.54, 1.807) is 12.1 Å². The third-order valence-corrected chi connectivity index (χ3v) is 3.05. The Labute approximate surface area is 120 Å². The van der Waals surface area contributed by atoms with Gasteiger partial charge in [-0.15, -0.1) is 0 Å². The van der Waals surface area contributed by atoms with Crippen molar-refractivity contribution in [3.8, 4) is 11.3 Å². The highest BCUT2D eigenvalue weighted by molar-refractivity contribution is 5.97. The summed E-state index contributed by atoms with van der Waals surface area (Å²) in [4.78, 5) is 27.4.